The maximum absolute atomic E-state index is 11.0. The van der Waals surface area contributed by atoms with E-state index >= 15 is 0 Å². The van der Waals surface area contributed by atoms with Gasteiger partial charge in [-0.3, -0.25) is 0 Å². The summed E-state index contributed by atoms with van der Waals surface area (Å²) in [6.45, 7) is 5.37. The monoisotopic (exact) mass is 480 g/mol. The Morgan fingerprint density at radius 2 is 1.42 bits per heavy atom. The lowest BCUT2D eigenvalue weighted by Crippen LogP contribution is -2.12. The maximum atomic E-state index is 11.0. The number of halogens is 2. The molecule has 140 valence electrons. The van der Waals surface area contributed by atoms with Crippen LogP contribution >= 0.6 is 31.9 Å². The molecule has 0 aromatic carbocycles. The summed E-state index contributed by atoms with van der Waals surface area (Å²) in [6, 6.07) is 1.35. The highest BCUT2D eigenvalue weighted by Gasteiger charge is 2.05. The fraction of sp³-hybridized carbons (Fsp3) is 0.842. The minimum Gasteiger partial charge on any atom is -0.460 e. The molecule has 2 radical (unpaired) electrons. The van der Waals surface area contributed by atoms with Crippen LogP contribution in [0.5, 0.6) is 0 Å². The lowest BCUT2D eigenvalue weighted by atomic mass is 10.0. The zero-order valence-electron chi connectivity index (χ0n) is 15.2. The van der Waals surface area contributed by atoms with E-state index in [9.17, 15) is 4.79 Å². The predicted octanol–water partition coefficient (Wildman–Crippen LogP) is 6.98. The van der Waals surface area contributed by atoms with Gasteiger partial charge >= 0.3 is 5.97 Å². The van der Waals surface area contributed by atoms with Gasteiger partial charge in [-0.25, -0.2) is 4.79 Å². The van der Waals surface area contributed by atoms with Gasteiger partial charge in [0.25, 0.3) is 0 Å². The molecule has 0 aromatic rings. The molecule has 1 unspecified atom stereocenters. The Labute approximate surface area is 168 Å². The Balaban J connectivity index is 3.15. The summed E-state index contributed by atoms with van der Waals surface area (Å²) in [6.07, 6.45) is 17.0. The molecule has 0 aliphatic rings. The van der Waals surface area contributed by atoms with Crippen LogP contribution in [0.2, 0.25) is 6.04 Å². The first-order valence-corrected chi connectivity index (χ1v) is 12.5. The van der Waals surface area contributed by atoms with E-state index in [-0.39, 0.29) is 12.1 Å². The van der Waals surface area contributed by atoms with Gasteiger partial charge in [-0.2, -0.15) is 0 Å². The molecule has 0 spiro atoms. The van der Waals surface area contributed by atoms with Crippen molar-refractivity contribution in [3.63, 3.8) is 0 Å². The molecule has 1 atom stereocenters. The number of alkyl halides is 2. The van der Waals surface area contributed by atoms with Crippen LogP contribution in [0.25, 0.3) is 0 Å². The lowest BCUT2D eigenvalue weighted by molar-refractivity contribution is -0.142. The van der Waals surface area contributed by atoms with Gasteiger partial charge < -0.3 is 4.74 Å². The number of unbranched alkanes of at least 4 members (excludes halogenated alkanes) is 10. The van der Waals surface area contributed by atoms with Crippen LogP contribution < -0.4 is 0 Å². The molecule has 24 heavy (non-hydrogen) atoms. The Morgan fingerprint density at radius 3 is 1.88 bits per heavy atom. The van der Waals surface area contributed by atoms with E-state index in [0.717, 1.165) is 22.4 Å². The minimum atomic E-state index is -0.307. The molecule has 0 rings (SSSR count). The van der Waals surface area contributed by atoms with Crippen LogP contribution in [0.4, 0.5) is 0 Å². The topological polar surface area (TPSA) is 26.3 Å². The molecule has 0 fully saturated rings. The molecule has 0 aliphatic heterocycles. The minimum absolute atomic E-state index is 0.0194. The number of rotatable bonds is 17. The van der Waals surface area contributed by atoms with Crippen molar-refractivity contribution in [3.8, 4) is 0 Å². The Bertz CT molecular complexity index is 312. The van der Waals surface area contributed by atoms with Crippen molar-refractivity contribution in [2.24, 2.45) is 0 Å². The highest BCUT2D eigenvalue weighted by Crippen LogP contribution is 2.14. The van der Waals surface area contributed by atoms with Gasteiger partial charge in [-0.15, -0.1) is 0 Å². The Kier molecular flexibility index (Phi) is 18.5. The van der Waals surface area contributed by atoms with Crippen LogP contribution in [0, 0.1) is 0 Å². The van der Waals surface area contributed by atoms with Crippen molar-refractivity contribution in [3.05, 3.63) is 12.7 Å². The summed E-state index contributed by atoms with van der Waals surface area (Å²) in [5.74, 6) is -0.307. The van der Waals surface area contributed by atoms with E-state index in [1.165, 1.54) is 76.3 Å². The number of ether oxygens (including phenoxy) is 1. The summed E-state index contributed by atoms with van der Waals surface area (Å²) in [5, 5.41) is 0. The summed E-state index contributed by atoms with van der Waals surface area (Å²) in [5.41, 5.74) is 0. The average molecular weight is 482 g/mol. The molecule has 5 heteroatoms. The van der Waals surface area contributed by atoms with E-state index in [4.69, 9.17) is 4.74 Å². The smallest absolute Gasteiger partial charge is 0.330 e. The zero-order valence-corrected chi connectivity index (χ0v) is 19.4. The third-order valence-electron chi connectivity index (χ3n) is 4.07. The average Bonchev–Trinajstić information content (AvgIpc) is 2.54. The van der Waals surface area contributed by atoms with Gasteiger partial charge in [0, 0.05) is 6.08 Å². The third kappa shape index (κ3) is 18.7. The molecule has 0 saturated carbocycles. The van der Waals surface area contributed by atoms with Crippen LogP contribution in [0.1, 0.15) is 84.0 Å². The second-order valence-corrected chi connectivity index (χ2v) is 12.6. The largest absolute Gasteiger partial charge is 0.460 e. The van der Waals surface area contributed by atoms with Crippen molar-refractivity contribution in [2.75, 3.05) is 0 Å². The van der Waals surface area contributed by atoms with Gasteiger partial charge in [0.2, 0.25) is 0 Å². The van der Waals surface area contributed by atoms with Gasteiger partial charge in [-0.05, 0) is 19.8 Å². The molecule has 0 heterocycles. The summed E-state index contributed by atoms with van der Waals surface area (Å²) >= 11 is 7.07. The van der Waals surface area contributed by atoms with Crippen molar-refractivity contribution < 1.29 is 9.53 Å². The predicted molar refractivity (Wildman–Crippen MR) is 113 cm³/mol. The van der Waals surface area contributed by atoms with E-state index in [2.05, 4.69) is 38.4 Å². The molecule has 0 aliphatic carbocycles. The number of hydrogen-bond donors (Lipinski definition) is 0. The second kappa shape index (κ2) is 18.2. The highest BCUT2D eigenvalue weighted by molar-refractivity contribution is 9.25. The zero-order chi connectivity index (χ0) is 18.0. The van der Waals surface area contributed by atoms with Crippen molar-refractivity contribution >= 4 is 47.3 Å². The normalized spacial score (nSPS) is 12.3. The lowest BCUT2D eigenvalue weighted by Gasteiger charge is -2.11. The standard InChI is InChI=1S/C19H34Br2O2Si/c1-3-18(22)23-17(2)15-13-11-9-7-5-4-6-8-10-12-14-16-24-19(20)21/h3,17,19H,1,4-16H2,2H3. The Hall–Kier alpha value is 0.387. The second-order valence-electron chi connectivity index (χ2n) is 6.38. The van der Waals surface area contributed by atoms with Crippen LogP contribution in [0.3, 0.4) is 0 Å². The number of carbonyl (C=O) groups is 1. The number of hydrogen-bond acceptors (Lipinski definition) is 2. The first-order valence-electron chi connectivity index (χ1n) is 9.41. The van der Waals surface area contributed by atoms with Crippen LogP contribution in [0.15, 0.2) is 12.7 Å². The van der Waals surface area contributed by atoms with Gasteiger partial charge in [0.1, 0.15) is 0 Å². The van der Waals surface area contributed by atoms with Crippen LogP contribution in [-0.4, -0.2) is 25.0 Å². The van der Waals surface area contributed by atoms with E-state index in [1.54, 1.807) is 0 Å². The summed E-state index contributed by atoms with van der Waals surface area (Å²) < 4.78 is 5.68. The first kappa shape index (κ1) is 24.4. The molecule has 0 aromatic heterocycles. The van der Waals surface area contributed by atoms with E-state index in [1.807, 2.05) is 6.92 Å². The molecule has 2 nitrogen and oxygen atoms in total. The van der Waals surface area contributed by atoms with Gasteiger partial charge in [0.15, 0.2) is 0 Å². The fourth-order valence-corrected chi connectivity index (χ4v) is 4.71. The maximum Gasteiger partial charge on any atom is 0.330 e. The number of esters is 1. The third-order valence-corrected chi connectivity index (χ3v) is 6.96. The van der Waals surface area contributed by atoms with Crippen molar-refractivity contribution in [1.82, 2.24) is 0 Å². The summed E-state index contributed by atoms with van der Waals surface area (Å²) in [4.78, 5) is 11.0. The fourth-order valence-electron chi connectivity index (χ4n) is 2.66. The number of carbonyl (C=O) groups excluding carboxylic acids is 1. The quantitative estimate of drug-likeness (QED) is 0.0735. The SMILES string of the molecule is C=CC(=O)OC(C)CCCCCCCCCCCCC[Si]C(Br)Br. The highest BCUT2D eigenvalue weighted by atomic mass is 79.9. The van der Waals surface area contributed by atoms with E-state index in [0.29, 0.717) is 3.36 Å². The molecular formula is C19H34Br2O2Si. The van der Waals surface area contributed by atoms with Gasteiger partial charge in [-0.1, -0.05) is 109 Å². The molecule has 0 N–H and O–H groups in total. The molecule has 0 saturated heterocycles. The van der Waals surface area contributed by atoms with Gasteiger partial charge in [0.05, 0.1) is 19.0 Å². The Morgan fingerprint density at radius 1 is 0.958 bits per heavy atom. The van der Waals surface area contributed by atoms with E-state index < -0.39 is 0 Å². The molecular weight excluding hydrogens is 448 g/mol. The van der Waals surface area contributed by atoms with Crippen LogP contribution in [-0.2, 0) is 9.53 Å². The first-order chi connectivity index (χ1) is 11.6. The van der Waals surface area contributed by atoms with Crippen molar-refractivity contribution in [1.29, 1.82) is 0 Å². The molecule has 0 bridgehead atoms. The van der Waals surface area contributed by atoms with Crippen molar-refractivity contribution in [2.45, 2.75) is 99.5 Å². The summed E-state index contributed by atoms with van der Waals surface area (Å²) in [7, 11) is 1.00. The molecule has 0 amide bonds.